The van der Waals surface area contributed by atoms with Gasteiger partial charge in [0, 0.05) is 0 Å². The Morgan fingerprint density at radius 3 is 2.79 bits per heavy atom. The van der Waals surface area contributed by atoms with Crippen LogP contribution in [0.5, 0.6) is 0 Å². The minimum absolute atomic E-state index is 0.299. The van der Waals surface area contributed by atoms with E-state index in [-0.39, 0.29) is 0 Å². The second-order valence-electron chi connectivity index (χ2n) is 6.46. The smallest absolute Gasteiger partial charge is 0.0687 e. The second kappa shape index (κ2) is 7.44. The Morgan fingerprint density at radius 2 is 2.05 bits per heavy atom. The lowest BCUT2D eigenvalue weighted by Crippen LogP contribution is -2.24. The van der Waals surface area contributed by atoms with Crippen molar-refractivity contribution in [2.75, 3.05) is 13.1 Å². The van der Waals surface area contributed by atoms with Crippen LogP contribution in [-0.2, 0) is 4.74 Å². The van der Waals surface area contributed by atoms with Crippen LogP contribution in [0.1, 0.15) is 71.6 Å². The number of rotatable bonds is 7. The highest BCUT2D eigenvalue weighted by Gasteiger charge is 2.41. The zero-order chi connectivity index (χ0) is 13.6. The molecule has 2 heteroatoms. The van der Waals surface area contributed by atoms with Crippen LogP contribution >= 0.6 is 0 Å². The third-order valence-electron chi connectivity index (χ3n) is 4.64. The molecule has 0 bridgehead atoms. The van der Waals surface area contributed by atoms with Crippen molar-refractivity contribution in [3.8, 4) is 0 Å². The number of hydrogen-bond acceptors (Lipinski definition) is 2. The van der Waals surface area contributed by atoms with Crippen LogP contribution in [0.3, 0.4) is 0 Å². The largest absolute Gasteiger partial charge is 0.371 e. The van der Waals surface area contributed by atoms with Crippen molar-refractivity contribution < 1.29 is 4.74 Å². The molecule has 0 amide bonds. The molecule has 2 nitrogen and oxygen atoms in total. The monoisotopic (exact) mass is 265 g/mol. The van der Waals surface area contributed by atoms with E-state index in [4.69, 9.17) is 4.74 Å². The van der Waals surface area contributed by atoms with Crippen molar-refractivity contribution in [3.05, 3.63) is 11.6 Å². The maximum atomic E-state index is 6.37. The van der Waals surface area contributed by atoms with Crippen LogP contribution in [0, 0.1) is 0 Å². The predicted molar refractivity (Wildman–Crippen MR) is 81.5 cm³/mol. The van der Waals surface area contributed by atoms with Gasteiger partial charge in [-0.2, -0.15) is 0 Å². The first-order valence-electron chi connectivity index (χ1n) is 8.28. The van der Waals surface area contributed by atoms with Crippen LogP contribution in [0.2, 0.25) is 0 Å². The second-order valence-corrected chi connectivity index (χ2v) is 6.46. The molecule has 0 aromatic heterocycles. The minimum atomic E-state index is 0.299. The fourth-order valence-electron chi connectivity index (χ4n) is 3.59. The van der Waals surface area contributed by atoms with Crippen molar-refractivity contribution in [1.29, 1.82) is 0 Å². The van der Waals surface area contributed by atoms with Gasteiger partial charge in [0.1, 0.15) is 0 Å². The molecule has 1 heterocycles. The van der Waals surface area contributed by atoms with Gasteiger partial charge in [-0.05, 0) is 65.0 Å². The fourth-order valence-corrected chi connectivity index (χ4v) is 3.59. The molecule has 2 rings (SSSR count). The summed E-state index contributed by atoms with van der Waals surface area (Å²) in [4.78, 5) is 0. The summed E-state index contributed by atoms with van der Waals surface area (Å²) in [5.74, 6) is 0. The van der Waals surface area contributed by atoms with E-state index in [1.807, 2.05) is 0 Å². The van der Waals surface area contributed by atoms with Gasteiger partial charge in [0.25, 0.3) is 0 Å². The van der Waals surface area contributed by atoms with Crippen LogP contribution in [0.15, 0.2) is 11.6 Å². The summed E-state index contributed by atoms with van der Waals surface area (Å²) < 4.78 is 6.37. The van der Waals surface area contributed by atoms with E-state index < -0.39 is 0 Å². The van der Waals surface area contributed by atoms with Gasteiger partial charge >= 0.3 is 0 Å². The standard InChI is InChI=1S/C17H31NO/c1-3-12-18-13-6-7-15(2)14-16-8-11-17(19-16)9-4-5-10-17/h7,16,18H,3-6,8-14H2,1-2H3/b15-7-. The predicted octanol–water partition coefficient (Wildman–Crippen LogP) is 4.20. The molecule has 1 N–H and O–H groups in total. The van der Waals surface area contributed by atoms with Crippen molar-refractivity contribution in [1.82, 2.24) is 5.32 Å². The third-order valence-corrected chi connectivity index (χ3v) is 4.64. The van der Waals surface area contributed by atoms with E-state index in [9.17, 15) is 0 Å². The Labute approximate surface area is 119 Å². The summed E-state index contributed by atoms with van der Waals surface area (Å²) in [7, 11) is 0. The van der Waals surface area contributed by atoms with Gasteiger partial charge in [0.2, 0.25) is 0 Å². The zero-order valence-electron chi connectivity index (χ0n) is 12.8. The van der Waals surface area contributed by atoms with Crippen molar-refractivity contribution in [2.45, 2.75) is 83.3 Å². The van der Waals surface area contributed by atoms with Crippen LogP contribution < -0.4 is 5.32 Å². The molecule has 0 radical (unpaired) electrons. The Kier molecular flexibility index (Phi) is 5.90. The molecule has 2 fully saturated rings. The van der Waals surface area contributed by atoms with E-state index >= 15 is 0 Å². The molecule has 1 spiro atoms. The Bertz CT molecular complexity index is 292. The molecule has 110 valence electrons. The van der Waals surface area contributed by atoms with Crippen molar-refractivity contribution >= 4 is 0 Å². The number of ether oxygens (including phenoxy) is 1. The molecular formula is C17H31NO. The Morgan fingerprint density at radius 1 is 1.26 bits per heavy atom. The van der Waals surface area contributed by atoms with Gasteiger partial charge in [-0.15, -0.1) is 0 Å². The number of nitrogens with one attached hydrogen (secondary N) is 1. The van der Waals surface area contributed by atoms with E-state index in [1.54, 1.807) is 0 Å². The summed E-state index contributed by atoms with van der Waals surface area (Å²) in [5, 5.41) is 3.45. The van der Waals surface area contributed by atoms with E-state index in [0.717, 1.165) is 25.9 Å². The highest BCUT2D eigenvalue weighted by molar-refractivity contribution is 5.03. The third kappa shape index (κ3) is 4.61. The average molecular weight is 265 g/mol. The lowest BCUT2D eigenvalue weighted by Gasteiger charge is -2.23. The first-order chi connectivity index (χ1) is 9.24. The Balaban J connectivity index is 1.65. The summed E-state index contributed by atoms with van der Waals surface area (Å²) in [6.45, 7) is 6.73. The van der Waals surface area contributed by atoms with Gasteiger partial charge in [0.15, 0.2) is 0 Å². The molecule has 1 atom stereocenters. The SMILES string of the molecule is CCCNCC/C=C(/C)CC1CCC2(CCCC2)O1. The quantitative estimate of drug-likeness (QED) is 0.550. The lowest BCUT2D eigenvalue weighted by molar-refractivity contribution is -0.0354. The van der Waals surface area contributed by atoms with Gasteiger partial charge in [0.05, 0.1) is 11.7 Å². The molecule has 2 aliphatic rings. The summed E-state index contributed by atoms with van der Waals surface area (Å²) >= 11 is 0. The molecule has 1 saturated carbocycles. The van der Waals surface area contributed by atoms with Crippen LogP contribution in [0.25, 0.3) is 0 Å². The average Bonchev–Trinajstić information content (AvgIpc) is 3.00. The maximum Gasteiger partial charge on any atom is 0.0687 e. The molecule has 1 unspecified atom stereocenters. The first kappa shape index (κ1) is 15.1. The van der Waals surface area contributed by atoms with Crippen LogP contribution in [0.4, 0.5) is 0 Å². The fraction of sp³-hybridized carbons (Fsp3) is 0.882. The van der Waals surface area contributed by atoms with Crippen LogP contribution in [-0.4, -0.2) is 24.8 Å². The maximum absolute atomic E-state index is 6.37. The van der Waals surface area contributed by atoms with Crippen molar-refractivity contribution in [2.24, 2.45) is 0 Å². The molecule has 1 saturated heterocycles. The van der Waals surface area contributed by atoms with E-state index in [1.165, 1.54) is 50.5 Å². The lowest BCUT2D eigenvalue weighted by atomic mass is 9.97. The molecule has 19 heavy (non-hydrogen) atoms. The Hall–Kier alpha value is -0.340. The molecule has 1 aliphatic heterocycles. The minimum Gasteiger partial charge on any atom is -0.371 e. The van der Waals surface area contributed by atoms with Crippen molar-refractivity contribution in [3.63, 3.8) is 0 Å². The topological polar surface area (TPSA) is 21.3 Å². The zero-order valence-corrected chi connectivity index (χ0v) is 12.8. The summed E-state index contributed by atoms with van der Waals surface area (Å²) in [6.07, 6.45) is 14.4. The van der Waals surface area contributed by atoms with E-state index in [2.05, 4.69) is 25.2 Å². The summed E-state index contributed by atoms with van der Waals surface area (Å²) in [6, 6.07) is 0. The van der Waals surface area contributed by atoms with Gasteiger partial charge < -0.3 is 10.1 Å². The van der Waals surface area contributed by atoms with Gasteiger partial charge in [-0.1, -0.05) is 31.4 Å². The number of hydrogen-bond donors (Lipinski definition) is 1. The summed E-state index contributed by atoms with van der Waals surface area (Å²) in [5.41, 5.74) is 1.81. The molecule has 0 aromatic carbocycles. The first-order valence-corrected chi connectivity index (χ1v) is 8.28. The van der Waals surface area contributed by atoms with E-state index in [0.29, 0.717) is 11.7 Å². The molecule has 1 aliphatic carbocycles. The van der Waals surface area contributed by atoms with Gasteiger partial charge in [-0.3, -0.25) is 0 Å². The highest BCUT2D eigenvalue weighted by atomic mass is 16.5. The molecular weight excluding hydrogens is 234 g/mol. The highest BCUT2D eigenvalue weighted by Crippen LogP contribution is 2.44. The molecule has 0 aromatic rings. The van der Waals surface area contributed by atoms with Gasteiger partial charge in [-0.25, -0.2) is 0 Å². The normalized spacial score (nSPS) is 26.4.